The highest BCUT2D eigenvalue weighted by Crippen LogP contribution is 2.20. The summed E-state index contributed by atoms with van der Waals surface area (Å²) in [5.74, 6) is 0.0897. The average molecular weight is 461 g/mol. The molecule has 0 saturated carbocycles. The Morgan fingerprint density at radius 3 is 2.78 bits per heavy atom. The molecule has 1 saturated heterocycles. The normalized spacial score (nSPS) is 15.7. The SMILES string of the molecule is COC(=O)CCNc1nc(Nc2ccc(S(=O)(=O)NCC3CCCO3)cc2)ncc1C#N. The molecule has 1 atom stereocenters. The summed E-state index contributed by atoms with van der Waals surface area (Å²) in [7, 11) is -2.35. The number of hydrogen-bond donors (Lipinski definition) is 3. The van der Waals surface area contributed by atoms with Crippen molar-refractivity contribution >= 4 is 33.4 Å². The van der Waals surface area contributed by atoms with Gasteiger partial charge >= 0.3 is 5.97 Å². The number of carbonyl (C=O) groups excluding carboxylic acids is 1. The highest BCUT2D eigenvalue weighted by atomic mass is 32.2. The molecule has 1 aromatic heterocycles. The Bertz CT molecular complexity index is 1080. The minimum atomic E-state index is -3.65. The van der Waals surface area contributed by atoms with E-state index in [1.54, 1.807) is 12.1 Å². The van der Waals surface area contributed by atoms with Crippen molar-refractivity contribution in [3.63, 3.8) is 0 Å². The maximum absolute atomic E-state index is 12.5. The van der Waals surface area contributed by atoms with Crippen LogP contribution in [-0.2, 0) is 24.3 Å². The molecule has 3 N–H and O–H groups in total. The number of nitrogens with zero attached hydrogens (tertiary/aromatic N) is 3. The number of nitriles is 1. The predicted molar refractivity (Wildman–Crippen MR) is 116 cm³/mol. The second-order valence-corrected chi connectivity index (χ2v) is 8.72. The van der Waals surface area contributed by atoms with E-state index in [1.165, 1.54) is 25.4 Å². The lowest BCUT2D eigenvalue weighted by atomic mass is 10.2. The minimum absolute atomic E-state index is 0.0883. The van der Waals surface area contributed by atoms with Crippen molar-refractivity contribution in [1.29, 1.82) is 5.26 Å². The molecule has 0 radical (unpaired) electrons. The van der Waals surface area contributed by atoms with Crippen molar-refractivity contribution in [3.05, 3.63) is 36.0 Å². The van der Waals surface area contributed by atoms with Gasteiger partial charge < -0.3 is 20.1 Å². The number of anilines is 3. The van der Waals surface area contributed by atoms with Crippen LogP contribution in [0.4, 0.5) is 17.5 Å². The first-order valence-corrected chi connectivity index (χ1v) is 11.5. The summed E-state index contributed by atoms with van der Waals surface area (Å²) in [5, 5.41) is 15.1. The highest BCUT2D eigenvalue weighted by molar-refractivity contribution is 7.89. The molecule has 170 valence electrons. The summed E-state index contributed by atoms with van der Waals surface area (Å²) in [6, 6.07) is 8.10. The number of ether oxygens (including phenoxy) is 2. The topological polar surface area (TPSA) is 155 Å². The number of sulfonamides is 1. The van der Waals surface area contributed by atoms with Gasteiger partial charge in [0.2, 0.25) is 16.0 Å². The molecule has 1 aromatic carbocycles. The first kappa shape index (κ1) is 23.4. The Morgan fingerprint density at radius 1 is 1.34 bits per heavy atom. The summed E-state index contributed by atoms with van der Waals surface area (Å²) in [5.41, 5.74) is 0.785. The van der Waals surface area contributed by atoms with Gasteiger partial charge in [-0.05, 0) is 37.1 Å². The third-order valence-corrected chi connectivity index (χ3v) is 6.14. The summed E-state index contributed by atoms with van der Waals surface area (Å²) in [6.45, 7) is 1.14. The van der Waals surface area contributed by atoms with Crippen molar-refractivity contribution in [2.75, 3.05) is 37.4 Å². The third kappa shape index (κ3) is 6.36. The van der Waals surface area contributed by atoms with Gasteiger partial charge in [-0.2, -0.15) is 10.2 Å². The molecular weight excluding hydrogens is 436 g/mol. The molecule has 1 aliphatic heterocycles. The fourth-order valence-electron chi connectivity index (χ4n) is 2.98. The summed E-state index contributed by atoms with van der Waals surface area (Å²) in [4.78, 5) is 19.7. The molecule has 11 nitrogen and oxygen atoms in total. The van der Waals surface area contributed by atoms with E-state index in [0.29, 0.717) is 12.3 Å². The van der Waals surface area contributed by atoms with Gasteiger partial charge in [0.1, 0.15) is 17.5 Å². The lowest BCUT2D eigenvalue weighted by molar-refractivity contribution is -0.140. The first-order chi connectivity index (χ1) is 15.4. The average Bonchev–Trinajstić information content (AvgIpc) is 3.32. The Labute approximate surface area is 186 Å². The van der Waals surface area contributed by atoms with Crippen LogP contribution < -0.4 is 15.4 Å². The lowest BCUT2D eigenvalue weighted by Crippen LogP contribution is -2.31. The fraction of sp³-hybridized carbons (Fsp3) is 0.400. The van der Waals surface area contributed by atoms with Crippen LogP contribution >= 0.6 is 0 Å². The maximum Gasteiger partial charge on any atom is 0.307 e. The number of methoxy groups -OCH3 is 1. The number of hydrogen-bond acceptors (Lipinski definition) is 10. The van der Waals surface area contributed by atoms with Gasteiger partial charge in [0.25, 0.3) is 0 Å². The molecule has 1 unspecified atom stereocenters. The summed E-state index contributed by atoms with van der Waals surface area (Å²) >= 11 is 0. The molecular formula is C20H24N6O5S. The van der Waals surface area contributed by atoms with Gasteiger partial charge in [-0.25, -0.2) is 18.1 Å². The smallest absolute Gasteiger partial charge is 0.307 e. The predicted octanol–water partition coefficient (Wildman–Crippen LogP) is 1.52. The van der Waals surface area contributed by atoms with Gasteiger partial charge in [-0.15, -0.1) is 0 Å². The number of esters is 1. The number of benzene rings is 1. The van der Waals surface area contributed by atoms with Gasteiger partial charge in [0.05, 0.1) is 30.7 Å². The van der Waals surface area contributed by atoms with Crippen LogP contribution in [0, 0.1) is 11.3 Å². The molecule has 3 rings (SSSR count). The van der Waals surface area contributed by atoms with E-state index in [9.17, 15) is 18.5 Å². The monoisotopic (exact) mass is 460 g/mol. The zero-order valence-electron chi connectivity index (χ0n) is 17.5. The molecule has 1 aliphatic rings. The Hall–Kier alpha value is -3.27. The molecule has 0 spiro atoms. The Kier molecular flexibility index (Phi) is 7.93. The van der Waals surface area contributed by atoms with E-state index >= 15 is 0 Å². The van der Waals surface area contributed by atoms with Crippen LogP contribution in [-0.4, -0.2) is 57.3 Å². The number of carbonyl (C=O) groups is 1. The molecule has 2 aromatic rings. The molecule has 1 fully saturated rings. The number of nitrogens with one attached hydrogen (secondary N) is 3. The van der Waals surface area contributed by atoms with E-state index in [1.807, 2.05) is 6.07 Å². The molecule has 12 heteroatoms. The summed E-state index contributed by atoms with van der Waals surface area (Å²) in [6.07, 6.45) is 3.16. The minimum Gasteiger partial charge on any atom is -0.469 e. The van der Waals surface area contributed by atoms with E-state index in [-0.39, 0.29) is 53.8 Å². The van der Waals surface area contributed by atoms with Crippen LogP contribution in [0.15, 0.2) is 35.4 Å². The Balaban J connectivity index is 1.63. The standard InChI is InChI=1S/C20H24N6O5S/c1-30-18(27)8-9-22-19-14(11-21)12-23-20(26-19)25-15-4-6-17(7-5-15)32(28,29)24-13-16-3-2-10-31-16/h4-7,12,16,24H,2-3,8-10,13H2,1H3,(H2,22,23,25,26). The quantitative estimate of drug-likeness (QED) is 0.444. The summed E-state index contributed by atoms with van der Waals surface area (Å²) < 4.78 is 37.5. The first-order valence-electron chi connectivity index (χ1n) is 9.97. The van der Waals surface area contributed by atoms with Gasteiger partial charge in [0.15, 0.2) is 0 Å². The molecule has 32 heavy (non-hydrogen) atoms. The molecule has 2 heterocycles. The number of rotatable bonds is 10. The maximum atomic E-state index is 12.5. The van der Waals surface area contributed by atoms with Crippen LogP contribution in [0.3, 0.4) is 0 Å². The van der Waals surface area contributed by atoms with E-state index in [0.717, 1.165) is 12.8 Å². The second kappa shape index (κ2) is 10.9. The zero-order chi connectivity index (χ0) is 23.0. The fourth-order valence-corrected chi connectivity index (χ4v) is 4.05. The highest BCUT2D eigenvalue weighted by Gasteiger charge is 2.20. The molecule has 0 amide bonds. The molecule has 0 aliphatic carbocycles. The van der Waals surface area contributed by atoms with Crippen LogP contribution in [0.2, 0.25) is 0 Å². The van der Waals surface area contributed by atoms with Gasteiger partial charge in [0, 0.05) is 25.4 Å². The zero-order valence-corrected chi connectivity index (χ0v) is 18.3. The van der Waals surface area contributed by atoms with Crippen LogP contribution in [0.5, 0.6) is 0 Å². The largest absolute Gasteiger partial charge is 0.469 e. The van der Waals surface area contributed by atoms with Crippen molar-refractivity contribution in [3.8, 4) is 6.07 Å². The second-order valence-electron chi connectivity index (χ2n) is 6.96. The molecule has 0 bridgehead atoms. The Morgan fingerprint density at radius 2 is 2.12 bits per heavy atom. The lowest BCUT2D eigenvalue weighted by Gasteiger charge is -2.12. The van der Waals surface area contributed by atoms with Gasteiger partial charge in [-0.1, -0.05) is 0 Å². The van der Waals surface area contributed by atoms with Gasteiger partial charge in [-0.3, -0.25) is 4.79 Å². The van der Waals surface area contributed by atoms with Crippen LogP contribution in [0.25, 0.3) is 0 Å². The van der Waals surface area contributed by atoms with E-state index in [2.05, 4.69) is 30.1 Å². The van der Waals surface area contributed by atoms with E-state index in [4.69, 9.17) is 4.74 Å². The van der Waals surface area contributed by atoms with Crippen molar-refractivity contribution in [2.24, 2.45) is 0 Å². The van der Waals surface area contributed by atoms with Crippen molar-refractivity contribution in [2.45, 2.75) is 30.3 Å². The van der Waals surface area contributed by atoms with Crippen molar-refractivity contribution < 1.29 is 22.7 Å². The van der Waals surface area contributed by atoms with E-state index < -0.39 is 10.0 Å². The third-order valence-electron chi connectivity index (χ3n) is 4.70. The number of aromatic nitrogens is 2. The van der Waals surface area contributed by atoms with Crippen molar-refractivity contribution in [1.82, 2.24) is 14.7 Å². The van der Waals surface area contributed by atoms with Crippen LogP contribution in [0.1, 0.15) is 24.8 Å².